The SMILES string of the molecule is CC(=O)Nc1ccc(N2CC[C@H](NS(=O)(=O)c3cc4ccc(Cl)cc4s3)C2=O)c(F)c1. The quantitative estimate of drug-likeness (QED) is 0.580. The summed E-state index contributed by atoms with van der Waals surface area (Å²) in [4.78, 5) is 25.1. The average molecular weight is 482 g/mol. The van der Waals surface area contributed by atoms with Gasteiger partial charge in [-0.25, -0.2) is 12.8 Å². The molecule has 0 saturated carbocycles. The first-order valence-corrected chi connectivity index (χ1v) is 11.9. The average Bonchev–Trinajstić information content (AvgIpc) is 3.26. The first-order chi connectivity index (χ1) is 14.6. The molecule has 0 radical (unpaired) electrons. The first kappa shape index (κ1) is 21.7. The van der Waals surface area contributed by atoms with E-state index in [9.17, 15) is 22.4 Å². The lowest BCUT2D eigenvalue weighted by Gasteiger charge is -2.18. The van der Waals surface area contributed by atoms with Crippen molar-refractivity contribution in [3.63, 3.8) is 0 Å². The van der Waals surface area contributed by atoms with Gasteiger partial charge in [-0.05, 0) is 48.2 Å². The number of carbonyl (C=O) groups is 2. The van der Waals surface area contributed by atoms with E-state index in [0.29, 0.717) is 9.72 Å². The highest BCUT2D eigenvalue weighted by atomic mass is 35.5. The van der Waals surface area contributed by atoms with Gasteiger partial charge in [0.05, 0.1) is 5.69 Å². The van der Waals surface area contributed by atoms with Gasteiger partial charge in [0.2, 0.25) is 11.8 Å². The number of anilines is 2. The van der Waals surface area contributed by atoms with Gasteiger partial charge in [-0.1, -0.05) is 17.7 Å². The van der Waals surface area contributed by atoms with Crippen LogP contribution < -0.4 is 14.9 Å². The molecule has 0 unspecified atom stereocenters. The fraction of sp³-hybridized carbons (Fsp3) is 0.200. The maximum atomic E-state index is 14.5. The molecule has 1 aliphatic heterocycles. The molecule has 1 saturated heterocycles. The molecule has 7 nitrogen and oxygen atoms in total. The van der Waals surface area contributed by atoms with E-state index in [1.165, 1.54) is 30.0 Å². The zero-order chi connectivity index (χ0) is 22.3. The number of fused-ring (bicyclic) bond motifs is 1. The lowest BCUT2D eigenvalue weighted by Crippen LogP contribution is -2.41. The van der Waals surface area contributed by atoms with Crippen LogP contribution in [0.15, 0.2) is 46.7 Å². The van der Waals surface area contributed by atoms with Gasteiger partial charge in [0, 0.05) is 28.9 Å². The summed E-state index contributed by atoms with van der Waals surface area (Å²) in [5, 5.41) is 3.70. The third-order valence-electron chi connectivity index (χ3n) is 4.79. The van der Waals surface area contributed by atoms with E-state index in [1.807, 2.05) is 0 Å². The largest absolute Gasteiger partial charge is 0.326 e. The van der Waals surface area contributed by atoms with Gasteiger partial charge in [0.25, 0.3) is 10.0 Å². The lowest BCUT2D eigenvalue weighted by molar-refractivity contribution is -0.118. The summed E-state index contributed by atoms with van der Waals surface area (Å²) in [7, 11) is -3.95. The molecule has 0 aliphatic carbocycles. The van der Waals surface area contributed by atoms with E-state index in [-0.39, 0.29) is 34.5 Å². The molecular formula is C20H17ClFN3O4S2. The van der Waals surface area contributed by atoms with E-state index in [4.69, 9.17) is 11.6 Å². The molecule has 162 valence electrons. The van der Waals surface area contributed by atoms with Gasteiger partial charge in [-0.3, -0.25) is 9.59 Å². The molecule has 1 fully saturated rings. The van der Waals surface area contributed by atoms with Crippen LogP contribution in [0.3, 0.4) is 0 Å². The highest BCUT2D eigenvalue weighted by Gasteiger charge is 2.37. The zero-order valence-corrected chi connectivity index (χ0v) is 18.6. The summed E-state index contributed by atoms with van der Waals surface area (Å²) in [6.45, 7) is 1.46. The first-order valence-electron chi connectivity index (χ1n) is 9.24. The van der Waals surface area contributed by atoms with Crippen molar-refractivity contribution in [1.29, 1.82) is 0 Å². The number of amides is 2. The summed E-state index contributed by atoms with van der Waals surface area (Å²) in [6.07, 6.45) is 0.196. The van der Waals surface area contributed by atoms with Crippen LogP contribution in [-0.2, 0) is 19.6 Å². The lowest BCUT2D eigenvalue weighted by atomic mass is 10.2. The predicted octanol–water partition coefficient (Wildman–Crippen LogP) is 3.74. The van der Waals surface area contributed by atoms with Crippen LogP contribution in [0.5, 0.6) is 0 Å². The second-order valence-corrected chi connectivity index (χ2v) is 10.5. The Kier molecular flexibility index (Phi) is 5.73. The van der Waals surface area contributed by atoms with Gasteiger partial charge in [-0.15, -0.1) is 11.3 Å². The number of nitrogens with one attached hydrogen (secondary N) is 2. The smallest absolute Gasteiger partial charge is 0.250 e. The fourth-order valence-electron chi connectivity index (χ4n) is 3.39. The Morgan fingerprint density at radius 1 is 1.23 bits per heavy atom. The van der Waals surface area contributed by atoms with Crippen LogP contribution in [0, 0.1) is 5.82 Å². The number of benzene rings is 2. The molecule has 0 bridgehead atoms. The molecule has 2 heterocycles. The Morgan fingerprint density at radius 3 is 2.71 bits per heavy atom. The van der Waals surface area contributed by atoms with E-state index in [2.05, 4.69) is 10.0 Å². The molecule has 11 heteroatoms. The Morgan fingerprint density at radius 2 is 2.00 bits per heavy atom. The van der Waals surface area contributed by atoms with Crippen LogP contribution in [-0.4, -0.2) is 32.8 Å². The van der Waals surface area contributed by atoms with Crippen molar-refractivity contribution in [3.05, 3.63) is 53.3 Å². The fourth-order valence-corrected chi connectivity index (χ4v) is 6.31. The van der Waals surface area contributed by atoms with Crippen LogP contribution in [0.4, 0.5) is 15.8 Å². The molecule has 2 N–H and O–H groups in total. The number of hydrogen-bond donors (Lipinski definition) is 2. The Bertz CT molecular complexity index is 1310. The van der Waals surface area contributed by atoms with E-state index in [0.717, 1.165) is 22.8 Å². The molecule has 1 aliphatic rings. The summed E-state index contributed by atoms with van der Waals surface area (Å²) in [5.74, 6) is -1.58. The molecule has 1 atom stereocenters. The third-order valence-corrected chi connectivity index (χ3v) is 8.06. The van der Waals surface area contributed by atoms with E-state index in [1.54, 1.807) is 18.2 Å². The second kappa shape index (κ2) is 8.19. The van der Waals surface area contributed by atoms with Crippen molar-refractivity contribution in [1.82, 2.24) is 4.72 Å². The molecule has 31 heavy (non-hydrogen) atoms. The van der Waals surface area contributed by atoms with Crippen LogP contribution in [0.1, 0.15) is 13.3 Å². The van der Waals surface area contributed by atoms with Crippen molar-refractivity contribution < 1.29 is 22.4 Å². The van der Waals surface area contributed by atoms with Crippen molar-refractivity contribution in [3.8, 4) is 0 Å². The summed E-state index contributed by atoms with van der Waals surface area (Å²) in [5.41, 5.74) is 0.291. The number of rotatable bonds is 5. The number of sulfonamides is 1. The molecule has 1 aromatic heterocycles. The number of carbonyl (C=O) groups excluding carboxylic acids is 2. The molecular weight excluding hydrogens is 465 g/mol. The Hall–Kier alpha value is -2.53. The molecule has 0 spiro atoms. The number of thiophene rings is 1. The predicted molar refractivity (Wildman–Crippen MR) is 119 cm³/mol. The van der Waals surface area contributed by atoms with Crippen molar-refractivity contribution in [2.75, 3.05) is 16.8 Å². The minimum absolute atomic E-state index is 0.0253. The van der Waals surface area contributed by atoms with Crippen LogP contribution in [0.25, 0.3) is 10.1 Å². The molecule has 3 aromatic rings. The topological polar surface area (TPSA) is 95.6 Å². The third kappa shape index (κ3) is 4.42. The maximum Gasteiger partial charge on any atom is 0.250 e. The zero-order valence-electron chi connectivity index (χ0n) is 16.2. The van der Waals surface area contributed by atoms with Crippen LogP contribution in [0.2, 0.25) is 5.02 Å². The van der Waals surface area contributed by atoms with Crippen LogP contribution >= 0.6 is 22.9 Å². The molecule has 2 amide bonds. The normalized spacial score (nSPS) is 16.8. The van der Waals surface area contributed by atoms with Gasteiger partial charge in [-0.2, -0.15) is 4.72 Å². The van der Waals surface area contributed by atoms with E-state index >= 15 is 0 Å². The highest BCUT2D eigenvalue weighted by Crippen LogP contribution is 2.32. The second-order valence-electron chi connectivity index (χ2n) is 7.05. The van der Waals surface area contributed by atoms with Crippen molar-refractivity contribution in [2.24, 2.45) is 0 Å². The standard InChI is InChI=1S/C20H17ClFN3O4S2/c1-11(26)23-14-4-5-17(15(22)10-14)25-7-6-16(20(25)27)24-31(28,29)19-8-12-2-3-13(21)9-18(12)30-19/h2-5,8-10,16,24H,6-7H2,1H3,(H,23,26)/t16-/m0/s1. The van der Waals surface area contributed by atoms with Gasteiger partial charge in [0.15, 0.2) is 0 Å². The Labute approximate surface area is 186 Å². The monoisotopic (exact) mass is 481 g/mol. The number of nitrogens with zero attached hydrogens (tertiary/aromatic N) is 1. The highest BCUT2D eigenvalue weighted by molar-refractivity contribution is 7.91. The number of halogens is 2. The summed E-state index contributed by atoms with van der Waals surface area (Å²) in [6, 6.07) is 9.57. The van der Waals surface area contributed by atoms with Gasteiger partial charge >= 0.3 is 0 Å². The van der Waals surface area contributed by atoms with E-state index < -0.39 is 27.8 Å². The molecule has 4 rings (SSSR count). The minimum atomic E-state index is -3.95. The van der Waals surface area contributed by atoms with Crippen molar-refractivity contribution in [2.45, 2.75) is 23.6 Å². The molecule has 2 aromatic carbocycles. The maximum absolute atomic E-state index is 14.5. The minimum Gasteiger partial charge on any atom is -0.326 e. The van der Waals surface area contributed by atoms with Gasteiger partial charge < -0.3 is 10.2 Å². The summed E-state index contributed by atoms with van der Waals surface area (Å²) >= 11 is 7.02. The summed E-state index contributed by atoms with van der Waals surface area (Å²) < 4.78 is 43.4. The number of hydrogen-bond acceptors (Lipinski definition) is 5. The van der Waals surface area contributed by atoms with Gasteiger partial charge in [0.1, 0.15) is 16.1 Å². The van der Waals surface area contributed by atoms with Crippen molar-refractivity contribution >= 4 is 66.2 Å². The Balaban J connectivity index is 1.53.